The fourth-order valence-electron chi connectivity index (χ4n) is 4.28. The summed E-state index contributed by atoms with van der Waals surface area (Å²) in [6.45, 7) is 0.769. The number of aromatic nitrogens is 2. The molecule has 0 aliphatic rings. The molecule has 5 aromatic rings. The van der Waals surface area contributed by atoms with E-state index in [1.807, 2.05) is 95.9 Å². The van der Waals surface area contributed by atoms with Gasteiger partial charge in [0.25, 0.3) is 5.91 Å². The summed E-state index contributed by atoms with van der Waals surface area (Å²) in [5.41, 5.74) is 7.26. The van der Waals surface area contributed by atoms with Crippen LogP contribution in [-0.4, -0.2) is 20.8 Å². The first-order valence-electron chi connectivity index (χ1n) is 12.0. The molecule has 9 heteroatoms. The highest BCUT2D eigenvalue weighted by atomic mass is 16.6. The number of amides is 1. The van der Waals surface area contributed by atoms with Crippen molar-refractivity contribution in [1.82, 2.24) is 15.4 Å². The largest absolute Gasteiger partial charge is 0.355 e. The summed E-state index contributed by atoms with van der Waals surface area (Å²) in [4.78, 5) is 35.0. The Morgan fingerprint density at radius 1 is 0.789 bits per heavy atom. The third-order valence-electron chi connectivity index (χ3n) is 6.05. The van der Waals surface area contributed by atoms with Crippen LogP contribution in [0.2, 0.25) is 0 Å². The van der Waals surface area contributed by atoms with Crippen molar-refractivity contribution < 1.29 is 9.72 Å². The number of benzene rings is 4. The van der Waals surface area contributed by atoms with E-state index in [0.717, 1.165) is 21.9 Å². The van der Waals surface area contributed by atoms with Crippen LogP contribution in [0.4, 0.5) is 17.3 Å². The van der Waals surface area contributed by atoms with E-state index in [1.54, 1.807) is 12.1 Å². The van der Waals surface area contributed by atoms with Gasteiger partial charge in [-0.25, -0.2) is 9.97 Å². The van der Waals surface area contributed by atoms with Crippen LogP contribution in [0.25, 0.3) is 10.8 Å². The number of rotatable bonds is 9. The number of nitro groups is 1. The molecule has 9 nitrogen and oxygen atoms in total. The molecule has 1 heterocycles. The molecule has 1 aromatic heterocycles. The lowest BCUT2D eigenvalue weighted by molar-refractivity contribution is -0.383. The van der Waals surface area contributed by atoms with Gasteiger partial charge in [-0.15, -0.1) is 0 Å². The van der Waals surface area contributed by atoms with Crippen LogP contribution in [0.1, 0.15) is 21.5 Å². The summed E-state index contributed by atoms with van der Waals surface area (Å²) in [6, 6.07) is 32.2. The van der Waals surface area contributed by atoms with Gasteiger partial charge in [0.1, 0.15) is 6.33 Å². The molecule has 0 unspecified atom stereocenters. The van der Waals surface area contributed by atoms with Crippen LogP contribution in [-0.2, 0) is 13.1 Å². The number of carbonyl (C=O) groups excluding carboxylic acids is 1. The molecule has 0 saturated heterocycles. The zero-order chi connectivity index (χ0) is 26.3. The number of nitrogens with zero attached hydrogens (tertiary/aromatic N) is 4. The van der Waals surface area contributed by atoms with Crippen molar-refractivity contribution in [2.75, 3.05) is 10.3 Å². The van der Waals surface area contributed by atoms with Gasteiger partial charge in [0, 0.05) is 18.7 Å². The van der Waals surface area contributed by atoms with Gasteiger partial charge in [-0.2, -0.15) is 0 Å². The van der Waals surface area contributed by atoms with E-state index in [-0.39, 0.29) is 17.3 Å². The minimum Gasteiger partial charge on any atom is -0.342 e. The van der Waals surface area contributed by atoms with E-state index in [2.05, 4.69) is 20.8 Å². The van der Waals surface area contributed by atoms with E-state index in [9.17, 15) is 14.9 Å². The van der Waals surface area contributed by atoms with E-state index in [1.165, 1.54) is 6.33 Å². The van der Waals surface area contributed by atoms with Crippen molar-refractivity contribution in [2.24, 2.45) is 0 Å². The minimum atomic E-state index is -0.537. The monoisotopic (exact) mass is 504 g/mol. The smallest absolute Gasteiger partial charge is 0.342 e. The van der Waals surface area contributed by atoms with Gasteiger partial charge >= 0.3 is 5.69 Å². The van der Waals surface area contributed by atoms with E-state index < -0.39 is 10.8 Å². The summed E-state index contributed by atoms with van der Waals surface area (Å²) >= 11 is 0. The second-order valence-electron chi connectivity index (χ2n) is 8.58. The Morgan fingerprint density at radius 3 is 2.05 bits per heavy atom. The van der Waals surface area contributed by atoms with E-state index in [4.69, 9.17) is 0 Å². The molecule has 0 saturated carbocycles. The van der Waals surface area contributed by atoms with Gasteiger partial charge in [-0.05, 0) is 28.0 Å². The number of nitrogens with one attached hydrogen (secondary N) is 2. The average Bonchev–Trinajstić information content (AvgIpc) is 2.96. The Bertz CT molecular complexity index is 1530. The van der Waals surface area contributed by atoms with Gasteiger partial charge in [0.15, 0.2) is 0 Å². The fourth-order valence-corrected chi connectivity index (χ4v) is 4.28. The van der Waals surface area contributed by atoms with Crippen molar-refractivity contribution in [3.8, 4) is 0 Å². The number of carbonyl (C=O) groups is 1. The highest BCUT2D eigenvalue weighted by Crippen LogP contribution is 2.33. The predicted octanol–water partition coefficient (Wildman–Crippen LogP) is 5.50. The third kappa shape index (κ3) is 5.41. The standard InChI is InChI=1S/C29H24N6O3/c36-29(25-17-9-15-23-14-7-8-16-24(23)25)33-32-27-26(35(37)38)28(31-20-30-27)34(18-21-10-3-1-4-11-21)19-22-12-5-2-6-13-22/h1-17,20H,18-19H2,(H,33,36)(H,30,31,32). The van der Waals surface area contributed by atoms with Crippen LogP contribution in [0.5, 0.6) is 0 Å². The second-order valence-corrected chi connectivity index (χ2v) is 8.58. The van der Waals surface area contributed by atoms with E-state index >= 15 is 0 Å². The summed E-state index contributed by atoms with van der Waals surface area (Å²) in [5, 5.41) is 14.0. The molecule has 5 rings (SSSR count). The molecule has 1 amide bonds. The molecule has 0 spiro atoms. The van der Waals surface area contributed by atoms with Crippen LogP contribution in [0, 0.1) is 10.1 Å². The predicted molar refractivity (Wildman–Crippen MR) is 146 cm³/mol. The molecular formula is C29H24N6O3. The SMILES string of the molecule is O=C(NNc1ncnc(N(Cc2ccccc2)Cc2ccccc2)c1[N+](=O)[O-])c1cccc2ccccc12. The molecule has 0 aliphatic carbocycles. The van der Waals surface area contributed by atoms with Crippen molar-refractivity contribution in [2.45, 2.75) is 13.1 Å². The first kappa shape index (κ1) is 24.4. The van der Waals surface area contributed by atoms with Crippen LogP contribution in [0.15, 0.2) is 109 Å². The summed E-state index contributed by atoms with van der Waals surface area (Å²) in [6.07, 6.45) is 1.25. The Kier molecular flexibility index (Phi) is 7.17. The van der Waals surface area contributed by atoms with Gasteiger partial charge in [-0.3, -0.25) is 25.8 Å². The quantitative estimate of drug-likeness (QED) is 0.201. The molecule has 188 valence electrons. The minimum absolute atomic E-state index is 0.111. The van der Waals surface area contributed by atoms with Gasteiger partial charge in [-0.1, -0.05) is 97.1 Å². The Labute approximate surface area is 218 Å². The average molecular weight is 505 g/mol. The Balaban J connectivity index is 1.46. The maximum atomic E-state index is 13.0. The molecule has 0 atom stereocenters. The zero-order valence-corrected chi connectivity index (χ0v) is 20.3. The lowest BCUT2D eigenvalue weighted by atomic mass is 10.0. The molecule has 0 fully saturated rings. The molecular weight excluding hydrogens is 480 g/mol. The Morgan fingerprint density at radius 2 is 1.39 bits per heavy atom. The van der Waals surface area contributed by atoms with Crippen LogP contribution < -0.4 is 15.8 Å². The zero-order valence-electron chi connectivity index (χ0n) is 20.3. The molecule has 2 N–H and O–H groups in total. The van der Waals surface area contributed by atoms with Crippen molar-refractivity contribution in [1.29, 1.82) is 0 Å². The first-order chi connectivity index (χ1) is 18.6. The molecule has 4 aromatic carbocycles. The second kappa shape index (κ2) is 11.2. The molecule has 0 aliphatic heterocycles. The van der Waals surface area contributed by atoms with Crippen molar-refractivity contribution in [3.63, 3.8) is 0 Å². The van der Waals surface area contributed by atoms with E-state index in [0.29, 0.717) is 18.7 Å². The van der Waals surface area contributed by atoms with Gasteiger partial charge < -0.3 is 4.90 Å². The number of hydrogen-bond acceptors (Lipinski definition) is 7. The number of hydrazine groups is 1. The molecule has 0 radical (unpaired) electrons. The first-order valence-corrected chi connectivity index (χ1v) is 12.0. The highest BCUT2D eigenvalue weighted by Gasteiger charge is 2.28. The Hall–Kier alpha value is -5.31. The molecule has 0 bridgehead atoms. The number of anilines is 2. The lowest BCUT2D eigenvalue weighted by Crippen LogP contribution is -2.31. The lowest BCUT2D eigenvalue weighted by Gasteiger charge is -2.24. The topological polar surface area (TPSA) is 113 Å². The van der Waals surface area contributed by atoms with Crippen molar-refractivity contribution in [3.05, 3.63) is 136 Å². The van der Waals surface area contributed by atoms with Crippen molar-refractivity contribution >= 4 is 34.0 Å². The fraction of sp³-hybridized carbons (Fsp3) is 0.0690. The number of fused-ring (bicyclic) bond motifs is 1. The summed E-state index contributed by atoms with van der Waals surface area (Å²) < 4.78 is 0. The molecule has 38 heavy (non-hydrogen) atoms. The number of hydrogen-bond donors (Lipinski definition) is 2. The van der Waals surface area contributed by atoms with Gasteiger partial charge in [0.05, 0.1) is 4.92 Å². The normalized spacial score (nSPS) is 10.6. The maximum absolute atomic E-state index is 13.0. The van der Waals surface area contributed by atoms with Crippen LogP contribution in [0.3, 0.4) is 0 Å². The highest BCUT2D eigenvalue weighted by molar-refractivity contribution is 6.07. The summed E-state index contributed by atoms with van der Waals surface area (Å²) in [5.74, 6) is -0.416. The van der Waals surface area contributed by atoms with Crippen LogP contribution >= 0.6 is 0 Å². The maximum Gasteiger partial charge on any atom is 0.355 e. The third-order valence-corrected chi connectivity index (χ3v) is 6.05. The van der Waals surface area contributed by atoms with Gasteiger partial charge in [0.2, 0.25) is 11.6 Å². The summed E-state index contributed by atoms with van der Waals surface area (Å²) in [7, 11) is 0.